The van der Waals surface area contributed by atoms with Gasteiger partial charge < -0.3 is 25.0 Å². The Morgan fingerprint density at radius 2 is 1.69 bits per heavy atom. The average Bonchev–Trinajstić information content (AvgIpc) is 2.83. The summed E-state index contributed by atoms with van der Waals surface area (Å²) in [7, 11) is 7.68. The van der Waals surface area contributed by atoms with Gasteiger partial charge in [0.2, 0.25) is 0 Å². The third-order valence-corrected chi connectivity index (χ3v) is 5.66. The summed E-state index contributed by atoms with van der Waals surface area (Å²) < 4.78 is 10.9. The number of aliphatic imine (C=N–C) groups is 1. The summed E-state index contributed by atoms with van der Waals surface area (Å²) in [5.74, 6) is 1.67. The van der Waals surface area contributed by atoms with Crippen LogP contribution in [-0.2, 0) is 17.8 Å². The molecule has 1 saturated heterocycles. The summed E-state index contributed by atoms with van der Waals surface area (Å²) in [5.41, 5.74) is 3.80. The van der Waals surface area contributed by atoms with Crippen LogP contribution in [0.15, 0.2) is 53.5 Å². The monoisotopic (exact) mass is 439 g/mol. The molecule has 1 aliphatic rings. The topological polar surface area (TPSA) is 61.4 Å². The van der Waals surface area contributed by atoms with Crippen LogP contribution < -0.4 is 15.4 Å². The molecule has 1 fully saturated rings. The zero-order valence-electron chi connectivity index (χ0n) is 19.8. The quantitative estimate of drug-likeness (QED) is 0.463. The number of rotatable bonds is 9. The summed E-state index contributed by atoms with van der Waals surface area (Å²) in [4.78, 5) is 9.06. The van der Waals surface area contributed by atoms with E-state index in [4.69, 9.17) is 9.47 Å². The largest absolute Gasteiger partial charge is 0.497 e. The number of guanidine groups is 1. The minimum absolute atomic E-state index is 0.230. The number of morpholine rings is 1. The minimum Gasteiger partial charge on any atom is -0.497 e. The lowest BCUT2D eigenvalue weighted by Crippen LogP contribution is -2.46. The smallest absolute Gasteiger partial charge is 0.191 e. The molecule has 0 spiro atoms. The first kappa shape index (κ1) is 24.0. The van der Waals surface area contributed by atoms with Crippen molar-refractivity contribution >= 4 is 5.96 Å². The summed E-state index contributed by atoms with van der Waals surface area (Å²) in [6.45, 7) is 5.81. The maximum absolute atomic E-state index is 5.57. The van der Waals surface area contributed by atoms with Crippen LogP contribution in [-0.4, -0.2) is 76.9 Å². The normalized spacial score (nSPS) is 16.1. The maximum Gasteiger partial charge on any atom is 0.191 e. The Hall–Kier alpha value is -2.61. The van der Waals surface area contributed by atoms with Crippen molar-refractivity contribution in [1.29, 1.82) is 0 Å². The Labute approximate surface area is 192 Å². The molecule has 2 aromatic carbocycles. The van der Waals surface area contributed by atoms with Crippen molar-refractivity contribution in [2.45, 2.75) is 19.1 Å². The van der Waals surface area contributed by atoms with Gasteiger partial charge in [0.25, 0.3) is 0 Å². The molecule has 0 aliphatic carbocycles. The lowest BCUT2D eigenvalue weighted by Gasteiger charge is -2.35. The molecular weight excluding hydrogens is 402 g/mol. The zero-order valence-corrected chi connectivity index (χ0v) is 19.8. The highest BCUT2D eigenvalue weighted by atomic mass is 16.5. The van der Waals surface area contributed by atoms with E-state index in [-0.39, 0.29) is 6.04 Å². The van der Waals surface area contributed by atoms with Crippen LogP contribution in [0.2, 0.25) is 0 Å². The first-order valence-electron chi connectivity index (χ1n) is 11.2. The van der Waals surface area contributed by atoms with Gasteiger partial charge in [-0.25, -0.2) is 0 Å². The third-order valence-electron chi connectivity index (χ3n) is 5.66. The Bertz CT molecular complexity index is 830. The summed E-state index contributed by atoms with van der Waals surface area (Å²) in [6.07, 6.45) is 0. The molecule has 0 aromatic heterocycles. The number of nitrogens with one attached hydrogen (secondary N) is 2. The fourth-order valence-electron chi connectivity index (χ4n) is 3.90. The number of hydrogen-bond acceptors (Lipinski definition) is 5. The fraction of sp³-hybridized carbons (Fsp3) is 0.480. The van der Waals surface area contributed by atoms with E-state index in [1.54, 1.807) is 7.11 Å². The van der Waals surface area contributed by atoms with Gasteiger partial charge in [0.15, 0.2) is 5.96 Å². The van der Waals surface area contributed by atoms with Gasteiger partial charge in [-0.05, 0) is 42.9 Å². The standard InChI is InChI=1S/C25H37N5O2/c1-26-25(27-17-20-5-7-21(8-6-20)19-29(2)3)28-18-24(30-13-15-32-16-14-30)22-9-11-23(31-4)12-10-22/h5-12,24H,13-19H2,1-4H3,(H2,26,27,28). The van der Waals surface area contributed by atoms with Crippen molar-refractivity contribution in [1.82, 2.24) is 20.4 Å². The molecule has 1 unspecified atom stereocenters. The summed E-state index contributed by atoms with van der Waals surface area (Å²) >= 11 is 0. The molecule has 7 heteroatoms. The SMILES string of the molecule is CN=C(NCc1ccc(CN(C)C)cc1)NCC(c1ccc(OC)cc1)N1CCOCC1. The molecule has 0 saturated carbocycles. The Morgan fingerprint density at radius 3 is 2.28 bits per heavy atom. The van der Waals surface area contributed by atoms with Crippen LogP contribution in [0, 0.1) is 0 Å². The van der Waals surface area contributed by atoms with Gasteiger partial charge in [-0.3, -0.25) is 9.89 Å². The van der Waals surface area contributed by atoms with Gasteiger partial charge in [0.1, 0.15) is 5.75 Å². The summed E-state index contributed by atoms with van der Waals surface area (Å²) in [5, 5.41) is 6.96. The second-order valence-corrected chi connectivity index (χ2v) is 8.30. The molecule has 0 radical (unpaired) electrons. The Morgan fingerprint density at radius 1 is 1.03 bits per heavy atom. The van der Waals surface area contributed by atoms with Crippen LogP contribution in [0.3, 0.4) is 0 Å². The van der Waals surface area contributed by atoms with Crippen LogP contribution in [0.25, 0.3) is 0 Å². The van der Waals surface area contributed by atoms with Gasteiger partial charge in [-0.2, -0.15) is 0 Å². The van der Waals surface area contributed by atoms with Crippen molar-refractivity contribution in [2.24, 2.45) is 4.99 Å². The summed E-state index contributed by atoms with van der Waals surface area (Å²) in [6, 6.07) is 17.3. The number of nitrogens with zero attached hydrogens (tertiary/aromatic N) is 3. The predicted molar refractivity (Wildman–Crippen MR) is 130 cm³/mol. The van der Waals surface area contributed by atoms with E-state index < -0.39 is 0 Å². The lowest BCUT2D eigenvalue weighted by molar-refractivity contribution is 0.0170. The zero-order chi connectivity index (χ0) is 22.8. The molecule has 1 aliphatic heterocycles. The van der Waals surface area contributed by atoms with Gasteiger partial charge in [-0.1, -0.05) is 36.4 Å². The van der Waals surface area contributed by atoms with Crippen LogP contribution >= 0.6 is 0 Å². The number of benzene rings is 2. The first-order valence-corrected chi connectivity index (χ1v) is 11.2. The van der Waals surface area contributed by atoms with Crippen LogP contribution in [0.5, 0.6) is 5.75 Å². The van der Waals surface area contributed by atoms with Gasteiger partial charge in [-0.15, -0.1) is 0 Å². The number of ether oxygens (including phenoxy) is 2. The van der Waals surface area contributed by atoms with Gasteiger partial charge >= 0.3 is 0 Å². The molecule has 1 atom stereocenters. The first-order chi connectivity index (χ1) is 15.6. The molecule has 32 heavy (non-hydrogen) atoms. The molecule has 174 valence electrons. The Balaban J connectivity index is 1.59. The van der Waals surface area contributed by atoms with E-state index in [1.807, 2.05) is 19.2 Å². The molecule has 2 N–H and O–H groups in total. The molecule has 2 aromatic rings. The molecule has 1 heterocycles. The second-order valence-electron chi connectivity index (χ2n) is 8.30. The number of hydrogen-bond donors (Lipinski definition) is 2. The van der Waals surface area contributed by atoms with Crippen molar-refractivity contribution in [2.75, 3.05) is 61.1 Å². The van der Waals surface area contributed by atoms with E-state index in [0.29, 0.717) is 0 Å². The average molecular weight is 440 g/mol. The Kier molecular flexibility index (Phi) is 9.34. The molecule has 0 bridgehead atoms. The number of methoxy groups -OCH3 is 1. The van der Waals surface area contributed by atoms with Crippen LogP contribution in [0.4, 0.5) is 0 Å². The maximum atomic E-state index is 5.57. The van der Waals surface area contributed by atoms with Crippen molar-refractivity contribution < 1.29 is 9.47 Å². The van der Waals surface area contributed by atoms with E-state index in [0.717, 1.165) is 57.6 Å². The van der Waals surface area contributed by atoms with Gasteiger partial charge in [0, 0.05) is 39.8 Å². The molecule has 0 amide bonds. The minimum atomic E-state index is 0.230. The highest BCUT2D eigenvalue weighted by molar-refractivity contribution is 5.79. The third kappa shape index (κ3) is 7.22. The van der Waals surface area contributed by atoms with Crippen molar-refractivity contribution in [3.8, 4) is 5.75 Å². The van der Waals surface area contributed by atoms with E-state index in [9.17, 15) is 0 Å². The van der Waals surface area contributed by atoms with Crippen LogP contribution in [0.1, 0.15) is 22.7 Å². The van der Waals surface area contributed by atoms with E-state index >= 15 is 0 Å². The van der Waals surface area contributed by atoms with Gasteiger partial charge in [0.05, 0.1) is 26.4 Å². The molecular formula is C25H37N5O2. The fourth-order valence-corrected chi connectivity index (χ4v) is 3.90. The predicted octanol–water partition coefficient (Wildman–Crippen LogP) is 2.50. The van der Waals surface area contributed by atoms with E-state index in [1.165, 1.54) is 16.7 Å². The highest BCUT2D eigenvalue weighted by Gasteiger charge is 2.23. The molecule has 7 nitrogen and oxygen atoms in total. The van der Waals surface area contributed by atoms with Crippen molar-refractivity contribution in [3.63, 3.8) is 0 Å². The lowest BCUT2D eigenvalue weighted by atomic mass is 10.0. The highest BCUT2D eigenvalue weighted by Crippen LogP contribution is 2.23. The second kappa shape index (κ2) is 12.4. The molecule has 3 rings (SSSR count). The van der Waals surface area contributed by atoms with E-state index in [2.05, 4.69) is 75.9 Å². The van der Waals surface area contributed by atoms with Crippen molar-refractivity contribution in [3.05, 3.63) is 65.2 Å².